The second-order valence-corrected chi connectivity index (χ2v) is 4.63. The highest BCUT2D eigenvalue weighted by atomic mass is 32.2. The molecule has 0 amide bonds. The van der Waals surface area contributed by atoms with Crippen LogP contribution in [0.5, 0.6) is 0 Å². The monoisotopic (exact) mass is 171 g/mol. The smallest absolute Gasteiger partial charge is 0.204 e. The number of hydrogen-bond donors (Lipinski definition) is 0. The molecule has 0 bridgehead atoms. The van der Waals surface area contributed by atoms with Crippen LogP contribution in [0.4, 0.5) is 0 Å². The highest BCUT2D eigenvalue weighted by molar-refractivity contribution is 7.90. The van der Waals surface area contributed by atoms with Crippen molar-refractivity contribution >= 4 is 10.0 Å². The van der Waals surface area contributed by atoms with Crippen molar-refractivity contribution in [2.45, 2.75) is 18.1 Å². The Kier molecular flexibility index (Phi) is 1.29. The second kappa shape index (κ2) is 2.07. The summed E-state index contributed by atoms with van der Waals surface area (Å²) in [5.41, 5.74) is 0. The minimum absolute atomic E-state index is 0.198. The van der Waals surface area contributed by atoms with Crippen molar-refractivity contribution < 1.29 is 8.42 Å². The zero-order valence-electron chi connectivity index (χ0n) is 5.77. The predicted octanol–water partition coefficient (Wildman–Crippen LogP) is 0.0236. The van der Waals surface area contributed by atoms with Gasteiger partial charge in [-0.25, -0.2) is 8.42 Å². The van der Waals surface area contributed by atoms with Gasteiger partial charge in [-0.3, -0.25) is 0 Å². The maximum atomic E-state index is 11.3. The molecule has 0 unspecified atom stereocenters. The van der Waals surface area contributed by atoms with E-state index in [0.717, 1.165) is 16.9 Å². The van der Waals surface area contributed by atoms with Gasteiger partial charge in [0.25, 0.3) is 10.0 Å². The summed E-state index contributed by atoms with van der Waals surface area (Å²) < 4.78 is 23.7. The van der Waals surface area contributed by atoms with Crippen LogP contribution >= 0.6 is 0 Å². The van der Waals surface area contributed by atoms with Gasteiger partial charge in [-0.15, -0.1) is 0 Å². The van der Waals surface area contributed by atoms with E-state index in [9.17, 15) is 8.42 Å². The van der Waals surface area contributed by atoms with Crippen molar-refractivity contribution in [3.63, 3.8) is 0 Å². The molecule has 1 aromatic heterocycles. The summed E-state index contributed by atoms with van der Waals surface area (Å²) in [6.07, 6.45) is 5.39. The third-order valence-electron chi connectivity index (χ3n) is 1.64. The minimum atomic E-state index is -3.15. The molecule has 1 radical (unpaired) electrons. The molecule has 0 atom stereocenters. The van der Waals surface area contributed by atoms with E-state index in [1.807, 2.05) is 0 Å². The van der Waals surface area contributed by atoms with Gasteiger partial charge in [-0.1, -0.05) is 0 Å². The first-order valence-electron chi connectivity index (χ1n) is 3.37. The van der Waals surface area contributed by atoms with Gasteiger partial charge >= 0.3 is 0 Å². The molecule has 59 valence electrons. The van der Waals surface area contributed by atoms with E-state index < -0.39 is 10.0 Å². The van der Waals surface area contributed by atoms with Crippen LogP contribution in [0.25, 0.3) is 0 Å². The normalized spacial score (nSPS) is 18.5. The average molecular weight is 171 g/mol. The molecule has 0 aromatic carbocycles. The first kappa shape index (κ1) is 6.84. The third-order valence-corrected chi connectivity index (χ3v) is 3.68. The Balaban J connectivity index is 2.42. The Hall–Kier alpha value is -0.840. The molecule has 0 saturated heterocycles. The lowest BCUT2D eigenvalue weighted by Gasteiger charge is -1.99. The molecular formula is C6H7N2O2S. The second-order valence-electron chi connectivity index (χ2n) is 2.56. The van der Waals surface area contributed by atoms with Crippen molar-refractivity contribution in [2.24, 2.45) is 0 Å². The maximum Gasteiger partial charge on any atom is 0.256 e. The largest absolute Gasteiger partial charge is 0.256 e. The maximum absolute atomic E-state index is 11.3. The van der Waals surface area contributed by atoms with Gasteiger partial charge in [-0.05, 0) is 18.9 Å². The molecule has 1 aromatic rings. The highest BCUT2D eigenvalue weighted by Gasteiger charge is 2.37. The van der Waals surface area contributed by atoms with E-state index in [0.29, 0.717) is 0 Å². The molecule has 0 aliphatic heterocycles. The molecule has 11 heavy (non-hydrogen) atoms. The highest BCUT2D eigenvalue weighted by Crippen LogP contribution is 2.29. The molecule has 1 fully saturated rings. The molecule has 1 aliphatic rings. The molecular weight excluding hydrogens is 164 g/mol. The van der Waals surface area contributed by atoms with Crippen molar-refractivity contribution in [2.75, 3.05) is 0 Å². The summed E-state index contributed by atoms with van der Waals surface area (Å²) in [4.78, 5) is 0. The molecule has 5 heteroatoms. The average Bonchev–Trinajstić information content (AvgIpc) is 2.66. The first-order chi connectivity index (χ1) is 5.21. The Bertz CT molecular complexity index is 337. The summed E-state index contributed by atoms with van der Waals surface area (Å²) in [5.74, 6) is 0. The Morgan fingerprint density at radius 3 is 2.73 bits per heavy atom. The van der Waals surface area contributed by atoms with Crippen LogP contribution in [-0.2, 0) is 10.0 Å². The zero-order valence-corrected chi connectivity index (χ0v) is 6.58. The standard InChI is InChI=1S/C6H7N2O2S/c9-11(10,6-2-3-6)8-5-1-4-7-8/h1,5-6H,2-3H2. The van der Waals surface area contributed by atoms with Gasteiger partial charge in [0.2, 0.25) is 0 Å². The van der Waals surface area contributed by atoms with Crippen LogP contribution in [0.2, 0.25) is 0 Å². The van der Waals surface area contributed by atoms with Crippen LogP contribution in [0, 0.1) is 6.20 Å². The number of rotatable bonds is 2. The lowest BCUT2D eigenvalue weighted by molar-refractivity contribution is 0.578. The van der Waals surface area contributed by atoms with E-state index in [1.54, 1.807) is 0 Å². The lowest BCUT2D eigenvalue weighted by Crippen LogP contribution is -2.17. The van der Waals surface area contributed by atoms with Gasteiger partial charge in [-0.2, -0.15) is 9.19 Å². The van der Waals surface area contributed by atoms with Gasteiger partial charge in [0.1, 0.15) is 6.20 Å². The molecule has 2 rings (SSSR count). The number of hydrogen-bond acceptors (Lipinski definition) is 3. The summed E-state index contributed by atoms with van der Waals surface area (Å²) in [6, 6.07) is 1.49. The predicted molar refractivity (Wildman–Crippen MR) is 38.4 cm³/mol. The fourth-order valence-electron chi connectivity index (χ4n) is 0.881. The van der Waals surface area contributed by atoms with Gasteiger partial charge < -0.3 is 0 Å². The van der Waals surface area contributed by atoms with E-state index in [1.165, 1.54) is 12.3 Å². The Labute approximate surface area is 64.9 Å². The summed E-state index contributed by atoms with van der Waals surface area (Å²) in [7, 11) is -3.15. The van der Waals surface area contributed by atoms with Crippen LogP contribution in [0.3, 0.4) is 0 Å². The Morgan fingerprint density at radius 2 is 2.27 bits per heavy atom. The van der Waals surface area contributed by atoms with E-state index in [-0.39, 0.29) is 5.25 Å². The SMILES string of the molecule is O=S(=O)(C1CC1)n1cc[c]n1. The summed E-state index contributed by atoms with van der Waals surface area (Å²) in [6.45, 7) is 0. The molecule has 1 heterocycles. The fraction of sp³-hybridized carbons (Fsp3) is 0.500. The van der Waals surface area contributed by atoms with Crippen LogP contribution < -0.4 is 0 Å². The molecule has 4 nitrogen and oxygen atoms in total. The van der Waals surface area contributed by atoms with E-state index in [2.05, 4.69) is 11.3 Å². The molecule has 0 N–H and O–H groups in total. The van der Waals surface area contributed by atoms with Crippen molar-refractivity contribution in [3.8, 4) is 0 Å². The van der Waals surface area contributed by atoms with Gasteiger partial charge in [0.15, 0.2) is 0 Å². The quantitative estimate of drug-likeness (QED) is 0.630. The number of aromatic nitrogens is 2. The van der Waals surface area contributed by atoms with Crippen LogP contribution in [0.15, 0.2) is 12.3 Å². The summed E-state index contributed by atoms with van der Waals surface area (Å²) in [5, 5.41) is 3.35. The minimum Gasteiger partial charge on any atom is -0.204 e. The Morgan fingerprint density at radius 1 is 1.55 bits per heavy atom. The number of nitrogens with zero attached hydrogens (tertiary/aromatic N) is 2. The molecule has 1 aliphatic carbocycles. The van der Waals surface area contributed by atoms with Crippen LogP contribution in [-0.4, -0.2) is 22.9 Å². The van der Waals surface area contributed by atoms with Crippen LogP contribution in [0.1, 0.15) is 12.8 Å². The topological polar surface area (TPSA) is 52.0 Å². The molecule has 1 saturated carbocycles. The van der Waals surface area contributed by atoms with Crippen molar-refractivity contribution in [1.82, 2.24) is 9.19 Å². The van der Waals surface area contributed by atoms with E-state index in [4.69, 9.17) is 0 Å². The third kappa shape index (κ3) is 1.05. The lowest BCUT2D eigenvalue weighted by atomic mass is 10.8. The first-order valence-corrected chi connectivity index (χ1v) is 4.88. The molecule has 0 spiro atoms. The van der Waals surface area contributed by atoms with Gasteiger partial charge in [0.05, 0.1) is 5.25 Å². The fourth-order valence-corrected chi connectivity index (χ4v) is 2.31. The van der Waals surface area contributed by atoms with Crippen molar-refractivity contribution in [3.05, 3.63) is 18.5 Å². The zero-order chi connectivity index (χ0) is 7.90. The van der Waals surface area contributed by atoms with Gasteiger partial charge in [0, 0.05) is 6.20 Å². The van der Waals surface area contributed by atoms with Crippen molar-refractivity contribution in [1.29, 1.82) is 0 Å². The summed E-state index contributed by atoms with van der Waals surface area (Å²) >= 11 is 0. The van der Waals surface area contributed by atoms with E-state index >= 15 is 0 Å².